The van der Waals surface area contributed by atoms with E-state index >= 15 is 0 Å². The van der Waals surface area contributed by atoms with E-state index in [4.69, 9.17) is 5.11 Å². The third-order valence-electron chi connectivity index (χ3n) is 3.35. The number of rotatable bonds is 5. The van der Waals surface area contributed by atoms with Gasteiger partial charge in [-0.05, 0) is 25.8 Å². The van der Waals surface area contributed by atoms with Gasteiger partial charge in [-0.2, -0.15) is 0 Å². The van der Waals surface area contributed by atoms with E-state index in [0.717, 1.165) is 19.4 Å². The van der Waals surface area contributed by atoms with Gasteiger partial charge in [0.25, 0.3) is 0 Å². The summed E-state index contributed by atoms with van der Waals surface area (Å²) in [5.74, 6) is 0.364. The second kappa shape index (κ2) is 6.15. The molecule has 7 heteroatoms. The van der Waals surface area contributed by atoms with E-state index in [1.165, 1.54) is 6.92 Å². The van der Waals surface area contributed by atoms with Gasteiger partial charge in [-0.25, -0.2) is 9.97 Å². The molecule has 20 heavy (non-hydrogen) atoms. The van der Waals surface area contributed by atoms with Crippen LogP contribution in [0.25, 0.3) is 0 Å². The lowest BCUT2D eigenvalue weighted by Gasteiger charge is -2.26. The van der Waals surface area contributed by atoms with Gasteiger partial charge in [0.1, 0.15) is 11.6 Å². The predicted octanol–water partition coefficient (Wildman–Crippen LogP) is -0.695. The Morgan fingerprint density at radius 2 is 2.25 bits per heavy atom. The Balaban J connectivity index is 1.99. The Hall–Kier alpha value is -1.73. The Bertz CT molecular complexity index is 452. The summed E-state index contributed by atoms with van der Waals surface area (Å²) in [5, 5.41) is 21.3. The van der Waals surface area contributed by atoms with Gasteiger partial charge in [0.2, 0.25) is 11.9 Å². The zero-order valence-electron chi connectivity index (χ0n) is 11.5. The lowest BCUT2D eigenvalue weighted by molar-refractivity contribution is -0.123. The molecule has 0 aliphatic carbocycles. The van der Waals surface area contributed by atoms with Gasteiger partial charge in [0.05, 0.1) is 6.61 Å². The fourth-order valence-corrected chi connectivity index (χ4v) is 2.17. The maximum absolute atomic E-state index is 12.2. The zero-order valence-corrected chi connectivity index (χ0v) is 11.5. The van der Waals surface area contributed by atoms with E-state index in [-0.39, 0.29) is 18.5 Å². The Morgan fingerprint density at radius 3 is 2.90 bits per heavy atom. The minimum Gasteiger partial charge on any atom is -0.393 e. The molecule has 1 aromatic rings. The summed E-state index contributed by atoms with van der Waals surface area (Å²) in [6.07, 6.45) is 4.91. The summed E-state index contributed by atoms with van der Waals surface area (Å²) < 4.78 is 0. The van der Waals surface area contributed by atoms with Crippen LogP contribution in [0.1, 0.15) is 19.8 Å². The van der Waals surface area contributed by atoms with E-state index in [9.17, 15) is 9.90 Å². The van der Waals surface area contributed by atoms with E-state index in [1.54, 1.807) is 18.5 Å². The molecule has 2 atom stereocenters. The maximum Gasteiger partial charge on any atom is 0.242 e. The highest BCUT2D eigenvalue weighted by atomic mass is 16.3. The third-order valence-corrected chi connectivity index (χ3v) is 3.35. The minimum atomic E-state index is -1.30. The number of amides is 1. The molecular weight excluding hydrogens is 260 g/mol. The summed E-state index contributed by atoms with van der Waals surface area (Å²) in [7, 11) is 0. The SMILES string of the molecule is CC(O)(CO)CNC(=O)C1CCCN1c1ncccn1. The van der Waals surface area contributed by atoms with Gasteiger partial charge in [0, 0.05) is 25.5 Å². The topological polar surface area (TPSA) is 98.6 Å². The molecule has 0 radical (unpaired) electrons. The molecule has 7 nitrogen and oxygen atoms in total. The molecule has 1 aromatic heterocycles. The number of aromatic nitrogens is 2. The molecule has 1 aliphatic rings. The fraction of sp³-hybridized carbons (Fsp3) is 0.615. The first-order valence-corrected chi connectivity index (χ1v) is 6.68. The standard InChI is InChI=1S/C13H20N4O3/c1-13(20,9-18)8-16-11(19)10-4-2-7-17(10)12-14-5-3-6-15-12/h3,5-6,10,18,20H,2,4,7-9H2,1H3,(H,16,19). The third kappa shape index (κ3) is 3.43. The summed E-state index contributed by atoms with van der Waals surface area (Å²) in [6.45, 7) is 1.82. The molecule has 110 valence electrons. The number of aliphatic hydroxyl groups excluding tert-OH is 1. The molecule has 0 aromatic carbocycles. The first-order valence-electron chi connectivity index (χ1n) is 6.68. The molecule has 1 amide bonds. The summed E-state index contributed by atoms with van der Waals surface area (Å²) in [6, 6.07) is 1.40. The van der Waals surface area contributed by atoms with Crippen molar-refractivity contribution in [2.24, 2.45) is 0 Å². The van der Waals surface area contributed by atoms with E-state index in [0.29, 0.717) is 5.95 Å². The zero-order chi connectivity index (χ0) is 14.6. The predicted molar refractivity (Wildman–Crippen MR) is 73.1 cm³/mol. The number of anilines is 1. The van der Waals surface area contributed by atoms with Crippen LogP contribution in [0.3, 0.4) is 0 Å². The van der Waals surface area contributed by atoms with Crippen LogP contribution < -0.4 is 10.2 Å². The van der Waals surface area contributed by atoms with Crippen molar-refractivity contribution < 1.29 is 15.0 Å². The number of carbonyl (C=O) groups excluding carboxylic acids is 1. The van der Waals surface area contributed by atoms with Gasteiger partial charge in [-0.15, -0.1) is 0 Å². The number of nitrogens with one attached hydrogen (secondary N) is 1. The van der Waals surface area contributed by atoms with Gasteiger partial charge in [-0.1, -0.05) is 0 Å². The van der Waals surface area contributed by atoms with Gasteiger partial charge in [-0.3, -0.25) is 4.79 Å². The molecule has 1 aliphatic heterocycles. The highest BCUT2D eigenvalue weighted by molar-refractivity contribution is 5.85. The Labute approximate surface area is 117 Å². The quantitative estimate of drug-likeness (QED) is 0.660. The molecular formula is C13H20N4O3. The van der Waals surface area contributed by atoms with Crippen molar-refractivity contribution in [2.45, 2.75) is 31.4 Å². The number of aliphatic hydroxyl groups is 2. The molecule has 0 saturated carbocycles. The molecule has 3 N–H and O–H groups in total. The Kier molecular flexibility index (Phi) is 4.51. The van der Waals surface area contributed by atoms with Crippen LogP contribution in [0.2, 0.25) is 0 Å². The molecule has 2 rings (SSSR count). The molecule has 1 fully saturated rings. The van der Waals surface area contributed by atoms with Crippen LogP contribution in [0.4, 0.5) is 5.95 Å². The van der Waals surface area contributed by atoms with Crippen molar-refractivity contribution in [3.63, 3.8) is 0 Å². The molecule has 0 bridgehead atoms. The molecule has 1 saturated heterocycles. The number of carbonyl (C=O) groups is 1. The van der Waals surface area contributed by atoms with Crippen molar-refractivity contribution in [1.29, 1.82) is 0 Å². The van der Waals surface area contributed by atoms with Crippen LogP contribution in [0, 0.1) is 0 Å². The second-order valence-corrected chi connectivity index (χ2v) is 5.27. The number of hydrogen-bond donors (Lipinski definition) is 3. The van der Waals surface area contributed by atoms with Crippen LogP contribution >= 0.6 is 0 Å². The van der Waals surface area contributed by atoms with Crippen LogP contribution in [0.5, 0.6) is 0 Å². The summed E-state index contributed by atoms with van der Waals surface area (Å²) in [4.78, 5) is 22.4. The first kappa shape index (κ1) is 14.7. The lowest BCUT2D eigenvalue weighted by atomic mass is 10.1. The van der Waals surface area contributed by atoms with Crippen molar-refractivity contribution in [3.8, 4) is 0 Å². The van der Waals surface area contributed by atoms with Crippen LogP contribution in [0.15, 0.2) is 18.5 Å². The molecule has 2 unspecified atom stereocenters. The average Bonchev–Trinajstić information content (AvgIpc) is 2.95. The summed E-state index contributed by atoms with van der Waals surface area (Å²) in [5.41, 5.74) is -1.30. The first-order chi connectivity index (χ1) is 9.53. The summed E-state index contributed by atoms with van der Waals surface area (Å²) >= 11 is 0. The minimum absolute atomic E-state index is 0.0162. The normalized spacial score (nSPS) is 21.6. The van der Waals surface area contributed by atoms with Gasteiger partial charge in [0.15, 0.2) is 0 Å². The monoisotopic (exact) mass is 280 g/mol. The highest BCUT2D eigenvalue weighted by Gasteiger charge is 2.33. The number of hydrogen-bond acceptors (Lipinski definition) is 6. The largest absolute Gasteiger partial charge is 0.393 e. The average molecular weight is 280 g/mol. The Morgan fingerprint density at radius 1 is 1.55 bits per heavy atom. The van der Waals surface area contributed by atoms with Crippen molar-refractivity contribution in [2.75, 3.05) is 24.6 Å². The fourth-order valence-electron chi connectivity index (χ4n) is 2.17. The molecule has 0 spiro atoms. The molecule has 2 heterocycles. The number of nitrogens with zero attached hydrogens (tertiary/aromatic N) is 3. The van der Waals surface area contributed by atoms with Crippen molar-refractivity contribution in [1.82, 2.24) is 15.3 Å². The smallest absolute Gasteiger partial charge is 0.242 e. The maximum atomic E-state index is 12.2. The van der Waals surface area contributed by atoms with Crippen molar-refractivity contribution >= 4 is 11.9 Å². The van der Waals surface area contributed by atoms with Crippen LogP contribution in [-0.4, -0.2) is 57.4 Å². The van der Waals surface area contributed by atoms with Gasteiger partial charge >= 0.3 is 0 Å². The van der Waals surface area contributed by atoms with E-state index in [2.05, 4.69) is 15.3 Å². The lowest BCUT2D eigenvalue weighted by Crippen LogP contribution is -2.49. The second-order valence-electron chi connectivity index (χ2n) is 5.27. The van der Waals surface area contributed by atoms with Crippen molar-refractivity contribution in [3.05, 3.63) is 18.5 Å². The van der Waals surface area contributed by atoms with E-state index in [1.807, 2.05) is 4.90 Å². The highest BCUT2D eigenvalue weighted by Crippen LogP contribution is 2.21. The van der Waals surface area contributed by atoms with Gasteiger partial charge < -0.3 is 20.4 Å². The van der Waals surface area contributed by atoms with E-state index < -0.39 is 12.2 Å². The van der Waals surface area contributed by atoms with Crippen LogP contribution in [-0.2, 0) is 4.79 Å².